The highest BCUT2D eigenvalue weighted by Gasteiger charge is 2.21. The molecule has 5 rings (SSSR count). The van der Waals surface area contributed by atoms with E-state index in [2.05, 4.69) is 15.6 Å². The number of nitrogens with one attached hydrogen (secondary N) is 2. The van der Waals surface area contributed by atoms with Crippen LogP contribution in [0.2, 0.25) is 0 Å². The molecule has 2 aromatic heterocycles. The first kappa shape index (κ1) is 21.8. The number of ether oxygens (including phenoxy) is 3. The lowest BCUT2D eigenvalue weighted by atomic mass is 10.1. The van der Waals surface area contributed by atoms with Crippen LogP contribution < -0.4 is 24.8 Å². The zero-order valence-electron chi connectivity index (χ0n) is 18.8. The first-order valence-electron chi connectivity index (χ1n) is 11.1. The Hall–Kier alpha value is -4.04. The molecule has 2 aromatic carbocycles. The van der Waals surface area contributed by atoms with Gasteiger partial charge in [-0.15, -0.1) is 0 Å². The number of hydrogen-bond donors (Lipinski definition) is 2. The minimum atomic E-state index is -0.335. The molecule has 3 heterocycles. The van der Waals surface area contributed by atoms with Gasteiger partial charge in [-0.05, 0) is 55.8 Å². The molecule has 0 saturated heterocycles. The van der Waals surface area contributed by atoms with Gasteiger partial charge >= 0.3 is 0 Å². The van der Waals surface area contributed by atoms with Gasteiger partial charge in [-0.1, -0.05) is 12.1 Å². The summed E-state index contributed by atoms with van der Waals surface area (Å²) >= 11 is 0. The molecular formula is C26H25N3O5. The van der Waals surface area contributed by atoms with E-state index in [0.717, 1.165) is 36.0 Å². The zero-order chi connectivity index (χ0) is 23.3. The van der Waals surface area contributed by atoms with E-state index in [0.29, 0.717) is 35.1 Å². The Labute approximate surface area is 196 Å². The third-order valence-corrected chi connectivity index (χ3v) is 5.56. The highest BCUT2D eigenvalue weighted by molar-refractivity contribution is 6.07. The van der Waals surface area contributed by atoms with Crippen LogP contribution >= 0.6 is 0 Å². The summed E-state index contributed by atoms with van der Waals surface area (Å²) < 4.78 is 22.6. The van der Waals surface area contributed by atoms with Crippen LogP contribution in [0.4, 0.5) is 5.69 Å². The van der Waals surface area contributed by atoms with Gasteiger partial charge in [0.2, 0.25) is 6.79 Å². The predicted molar refractivity (Wildman–Crippen MR) is 128 cm³/mol. The van der Waals surface area contributed by atoms with Crippen molar-refractivity contribution in [3.05, 3.63) is 77.8 Å². The number of carbonyl (C=O) groups is 1. The molecule has 174 valence electrons. The molecule has 0 fully saturated rings. The second-order valence-corrected chi connectivity index (χ2v) is 7.95. The van der Waals surface area contributed by atoms with Gasteiger partial charge in [0.1, 0.15) is 11.3 Å². The molecule has 1 aliphatic heterocycles. The quantitative estimate of drug-likeness (QED) is 0.351. The molecule has 1 aliphatic rings. The predicted octanol–water partition coefficient (Wildman–Crippen LogP) is 4.68. The summed E-state index contributed by atoms with van der Waals surface area (Å²) in [6.45, 7) is 4.18. The number of carbonyl (C=O) groups excluding carboxylic acids is 1. The van der Waals surface area contributed by atoms with Gasteiger partial charge in [0, 0.05) is 36.3 Å². The van der Waals surface area contributed by atoms with Crippen LogP contribution in [0.1, 0.15) is 28.1 Å². The molecule has 0 saturated carbocycles. The highest BCUT2D eigenvalue weighted by Crippen LogP contribution is 2.36. The van der Waals surface area contributed by atoms with Crippen LogP contribution in [-0.2, 0) is 6.54 Å². The minimum Gasteiger partial charge on any atom is -0.493 e. The number of aromatic nitrogens is 1. The number of anilines is 1. The maximum Gasteiger partial charge on any atom is 0.291 e. The molecule has 0 atom stereocenters. The normalized spacial score (nSPS) is 12.1. The van der Waals surface area contributed by atoms with Gasteiger partial charge in [-0.2, -0.15) is 0 Å². The molecule has 1 amide bonds. The molecule has 4 aromatic rings. The standard InChI is InChI=1S/C26H25N3O5/c1-17-24-21(31-12-4-11-28-15-18-5-3-10-27-14-18)6-2-7-22(24)34-25(17)26(30)29-19-8-9-20-23(13-19)33-16-32-20/h2-3,5-10,13-14,28H,4,11-12,15-16H2,1H3,(H,29,30). The lowest BCUT2D eigenvalue weighted by Crippen LogP contribution is -2.17. The Morgan fingerprint density at radius 2 is 2.03 bits per heavy atom. The second-order valence-electron chi connectivity index (χ2n) is 7.95. The van der Waals surface area contributed by atoms with Crippen LogP contribution in [0.5, 0.6) is 17.2 Å². The maximum atomic E-state index is 12.9. The van der Waals surface area contributed by atoms with Crippen molar-refractivity contribution in [2.45, 2.75) is 19.9 Å². The van der Waals surface area contributed by atoms with E-state index in [-0.39, 0.29) is 18.5 Å². The summed E-state index contributed by atoms with van der Waals surface area (Å²) in [5.74, 6) is 1.88. The van der Waals surface area contributed by atoms with E-state index in [4.69, 9.17) is 18.6 Å². The zero-order valence-corrected chi connectivity index (χ0v) is 18.8. The van der Waals surface area contributed by atoms with Crippen LogP contribution in [0.25, 0.3) is 11.0 Å². The van der Waals surface area contributed by atoms with Crippen molar-refractivity contribution in [2.24, 2.45) is 0 Å². The third-order valence-electron chi connectivity index (χ3n) is 5.56. The highest BCUT2D eigenvalue weighted by atomic mass is 16.7. The number of aryl methyl sites for hydroxylation is 1. The van der Waals surface area contributed by atoms with Crippen LogP contribution in [0, 0.1) is 6.92 Å². The Morgan fingerprint density at radius 1 is 1.12 bits per heavy atom. The van der Waals surface area contributed by atoms with Crippen molar-refractivity contribution in [3.63, 3.8) is 0 Å². The maximum absolute atomic E-state index is 12.9. The second kappa shape index (κ2) is 9.84. The van der Waals surface area contributed by atoms with Crippen molar-refractivity contribution in [3.8, 4) is 17.2 Å². The molecule has 0 aliphatic carbocycles. The van der Waals surface area contributed by atoms with E-state index >= 15 is 0 Å². The average Bonchev–Trinajstić information content (AvgIpc) is 3.46. The fourth-order valence-corrected chi connectivity index (χ4v) is 3.88. The van der Waals surface area contributed by atoms with Gasteiger partial charge in [-0.3, -0.25) is 9.78 Å². The summed E-state index contributed by atoms with van der Waals surface area (Å²) in [6, 6.07) is 14.8. The first-order chi connectivity index (χ1) is 16.7. The van der Waals surface area contributed by atoms with Crippen molar-refractivity contribution < 1.29 is 23.4 Å². The number of benzene rings is 2. The molecule has 34 heavy (non-hydrogen) atoms. The fraction of sp³-hybridized carbons (Fsp3) is 0.231. The average molecular weight is 460 g/mol. The monoisotopic (exact) mass is 459 g/mol. The Morgan fingerprint density at radius 3 is 2.91 bits per heavy atom. The number of nitrogens with zero attached hydrogens (tertiary/aromatic N) is 1. The Kier molecular flexibility index (Phi) is 6.31. The lowest BCUT2D eigenvalue weighted by molar-refractivity contribution is 0.0998. The molecule has 8 heteroatoms. The Balaban J connectivity index is 1.21. The minimum absolute atomic E-state index is 0.179. The number of hydrogen-bond acceptors (Lipinski definition) is 7. The van der Waals surface area contributed by atoms with Crippen LogP contribution in [0.3, 0.4) is 0 Å². The summed E-state index contributed by atoms with van der Waals surface area (Å²) in [6.07, 6.45) is 4.46. The number of pyridine rings is 1. The lowest BCUT2D eigenvalue weighted by Gasteiger charge is -2.09. The first-order valence-corrected chi connectivity index (χ1v) is 11.1. The van der Waals surface area contributed by atoms with Crippen molar-refractivity contribution >= 4 is 22.6 Å². The summed E-state index contributed by atoms with van der Waals surface area (Å²) in [7, 11) is 0. The van der Waals surface area contributed by atoms with E-state index in [1.54, 1.807) is 24.4 Å². The van der Waals surface area contributed by atoms with Gasteiger partial charge in [0.25, 0.3) is 5.91 Å². The largest absolute Gasteiger partial charge is 0.493 e. The Bertz CT molecular complexity index is 1300. The van der Waals surface area contributed by atoms with Gasteiger partial charge in [0.15, 0.2) is 17.3 Å². The SMILES string of the molecule is Cc1c(C(=O)Nc2ccc3c(c2)OCO3)oc2cccc(OCCCNCc3cccnc3)c12. The molecule has 2 N–H and O–H groups in total. The van der Waals surface area contributed by atoms with Gasteiger partial charge in [0.05, 0.1) is 12.0 Å². The molecule has 0 radical (unpaired) electrons. The summed E-state index contributed by atoms with van der Waals surface area (Å²) in [5, 5.41) is 7.06. The van der Waals surface area contributed by atoms with Gasteiger partial charge < -0.3 is 29.3 Å². The van der Waals surface area contributed by atoms with Crippen molar-refractivity contribution in [1.82, 2.24) is 10.3 Å². The van der Waals surface area contributed by atoms with E-state index in [9.17, 15) is 4.79 Å². The number of rotatable bonds is 9. The molecular weight excluding hydrogens is 434 g/mol. The molecule has 8 nitrogen and oxygen atoms in total. The summed E-state index contributed by atoms with van der Waals surface area (Å²) in [4.78, 5) is 17.1. The van der Waals surface area contributed by atoms with E-state index in [1.165, 1.54) is 0 Å². The van der Waals surface area contributed by atoms with E-state index < -0.39 is 0 Å². The topological polar surface area (TPSA) is 94.9 Å². The molecule has 0 spiro atoms. The molecule has 0 bridgehead atoms. The fourth-order valence-electron chi connectivity index (χ4n) is 3.88. The third kappa shape index (κ3) is 4.67. The van der Waals surface area contributed by atoms with Crippen molar-refractivity contribution in [2.75, 3.05) is 25.3 Å². The smallest absolute Gasteiger partial charge is 0.291 e. The number of fused-ring (bicyclic) bond motifs is 2. The number of furan rings is 1. The van der Waals surface area contributed by atoms with Crippen LogP contribution in [0.15, 0.2) is 65.3 Å². The number of amides is 1. The van der Waals surface area contributed by atoms with Gasteiger partial charge in [-0.25, -0.2) is 0 Å². The van der Waals surface area contributed by atoms with E-state index in [1.807, 2.05) is 43.5 Å². The summed E-state index contributed by atoms with van der Waals surface area (Å²) in [5.41, 5.74) is 3.09. The van der Waals surface area contributed by atoms with Crippen LogP contribution in [-0.4, -0.2) is 30.8 Å². The van der Waals surface area contributed by atoms with Crippen molar-refractivity contribution in [1.29, 1.82) is 0 Å². The molecule has 0 unspecified atom stereocenters.